The van der Waals surface area contributed by atoms with Crippen LogP contribution in [0.1, 0.15) is 27.8 Å². The molecule has 0 spiro atoms. The van der Waals surface area contributed by atoms with Crippen LogP contribution in [0.15, 0.2) is 75.9 Å². The lowest BCUT2D eigenvalue weighted by Crippen LogP contribution is -2.31. The molecule has 3 aromatic carbocycles. The molecule has 1 aliphatic rings. The largest absolute Gasteiger partial charge is 0.478 e. The molecule has 4 aromatic rings. The number of benzene rings is 3. The maximum absolute atomic E-state index is 12.9. The lowest BCUT2D eigenvalue weighted by molar-refractivity contribution is 0.0889. The van der Waals surface area contributed by atoms with Crippen molar-refractivity contribution in [1.29, 1.82) is 0 Å². The predicted molar refractivity (Wildman–Crippen MR) is 123 cm³/mol. The Morgan fingerprint density at radius 2 is 1.81 bits per heavy atom. The molecule has 2 heterocycles. The van der Waals surface area contributed by atoms with Gasteiger partial charge in [-0.05, 0) is 47.9 Å². The number of fused-ring (bicyclic) bond motifs is 3. The summed E-state index contributed by atoms with van der Waals surface area (Å²) in [5.41, 5.74) is 5.11. The lowest BCUT2D eigenvalue weighted by Gasteiger charge is -2.29. The Morgan fingerprint density at radius 3 is 2.61 bits per heavy atom. The van der Waals surface area contributed by atoms with Gasteiger partial charge in [0.25, 0.3) is 0 Å². The molecule has 0 bridgehead atoms. The molecule has 5 heteroatoms. The molecular weight excluding hydrogens is 410 g/mol. The summed E-state index contributed by atoms with van der Waals surface area (Å²) in [5.74, 6) is 0.771. The number of rotatable bonds is 4. The van der Waals surface area contributed by atoms with Crippen molar-refractivity contribution in [2.45, 2.75) is 26.4 Å². The van der Waals surface area contributed by atoms with Crippen LogP contribution in [0, 0.1) is 6.92 Å². The van der Waals surface area contributed by atoms with Gasteiger partial charge in [-0.3, -0.25) is 4.90 Å². The van der Waals surface area contributed by atoms with Crippen LogP contribution >= 0.6 is 11.6 Å². The van der Waals surface area contributed by atoms with Crippen molar-refractivity contribution in [2.24, 2.45) is 0 Å². The van der Waals surface area contributed by atoms with Crippen molar-refractivity contribution >= 4 is 22.6 Å². The summed E-state index contributed by atoms with van der Waals surface area (Å²) < 4.78 is 11.9. The number of halogens is 1. The second-order valence-corrected chi connectivity index (χ2v) is 8.40. The fraction of sp³-hybridized carbons (Fsp3) is 0.192. The molecule has 0 aliphatic carbocycles. The molecule has 0 unspecified atom stereocenters. The Hall–Kier alpha value is -3.08. The molecule has 156 valence electrons. The molecule has 0 saturated heterocycles. The zero-order chi connectivity index (χ0) is 21.4. The first-order valence-electron chi connectivity index (χ1n) is 10.3. The molecule has 5 rings (SSSR count). The summed E-state index contributed by atoms with van der Waals surface area (Å²) in [6, 6.07) is 21.8. The van der Waals surface area contributed by atoms with E-state index >= 15 is 0 Å². The van der Waals surface area contributed by atoms with Gasteiger partial charge in [-0.25, -0.2) is 4.79 Å². The Balaban J connectivity index is 1.51. The van der Waals surface area contributed by atoms with E-state index in [1.165, 1.54) is 0 Å². The van der Waals surface area contributed by atoms with Crippen LogP contribution in [0.5, 0.6) is 5.75 Å². The molecule has 0 radical (unpaired) electrons. The van der Waals surface area contributed by atoms with E-state index in [2.05, 4.69) is 4.90 Å². The first-order chi connectivity index (χ1) is 15.1. The Kier molecular flexibility index (Phi) is 5.26. The molecule has 0 atom stereocenters. The molecule has 0 N–H and O–H groups in total. The van der Waals surface area contributed by atoms with Crippen molar-refractivity contribution < 1.29 is 9.15 Å². The maximum Gasteiger partial charge on any atom is 0.340 e. The van der Waals surface area contributed by atoms with Gasteiger partial charge in [-0.1, -0.05) is 54.1 Å². The van der Waals surface area contributed by atoms with Gasteiger partial charge >= 0.3 is 5.63 Å². The second-order valence-electron chi connectivity index (χ2n) is 7.96. The van der Waals surface area contributed by atoms with Gasteiger partial charge in [0.2, 0.25) is 0 Å². The Morgan fingerprint density at radius 1 is 1.00 bits per heavy atom. The standard InChI is InChI=1S/C26H22ClNO3/c1-17-21-10-11-24-23(15-28(16-30-24)14-19-8-5-9-20(27)12-19)25(21)31-26(29)22(17)13-18-6-3-2-4-7-18/h2-12H,13-16H2,1H3. The number of ether oxygens (including phenoxy) is 1. The zero-order valence-corrected chi connectivity index (χ0v) is 18.0. The highest BCUT2D eigenvalue weighted by molar-refractivity contribution is 6.30. The molecule has 31 heavy (non-hydrogen) atoms. The average Bonchev–Trinajstić information content (AvgIpc) is 2.77. The minimum absolute atomic E-state index is 0.283. The molecule has 0 saturated carbocycles. The average molecular weight is 432 g/mol. The maximum atomic E-state index is 12.9. The van der Waals surface area contributed by atoms with E-state index in [0.29, 0.717) is 42.4 Å². The normalized spacial score (nSPS) is 13.7. The Labute approximate surface area is 185 Å². The van der Waals surface area contributed by atoms with E-state index < -0.39 is 0 Å². The third-order valence-electron chi connectivity index (χ3n) is 5.82. The minimum Gasteiger partial charge on any atom is -0.478 e. The highest BCUT2D eigenvalue weighted by Crippen LogP contribution is 2.34. The predicted octanol–water partition coefficient (Wildman–Crippen LogP) is 5.70. The quantitative estimate of drug-likeness (QED) is 0.389. The van der Waals surface area contributed by atoms with Gasteiger partial charge in [0.05, 0.1) is 5.56 Å². The van der Waals surface area contributed by atoms with E-state index in [1.54, 1.807) is 0 Å². The van der Waals surface area contributed by atoms with Crippen molar-refractivity contribution in [1.82, 2.24) is 4.90 Å². The molecule has 1 aromatic heterocycles. The molecule has 1 aliphatic heterocycles. The van der Waals surface area contributed by atoms with Crippen molar-refractivity contribution in [3.05, 3.63) is 110 Å². The van der Waals surface area contributed by atoms with Crippen LogP contribution in [0.25, 0.3) is 11.0 Å². The van der Waals surface area contributed by atoms with Gasteiger partial charge in [0.15, 0.2) is 0 Å². The van der Waals surface area contributed by atoms with E-state index in [9.17, 15) is 4.79 Å². The van der Waals surface area contributed by atoms with Crippen molar-refractivity contribution in [3.63, 3.8) is 0 Å². The summed E-state index contributed by atoms with van der Waals surface area (Å²) in [4.78, 5) is 15.1. The van der Waals surface area contributed by atoms with Crippen LogP contribution in [-0.4, -0.2) is 11.6 Å². The SMILES string of the molecule is Cc1c(Cc2ccccc2)c(=O)oc2c3c(ccc12)OCN(Cc1cccc(Cl)c1)C3. The van der Waals surface area contributed by atoms with Gasteiger partial charge in [0, 0.05) is 35.5 Å². The van der Waals surface area contributed by atoms with Crippen LogP contribution < -0.4 is 10.4 Å². The first kappa shape index (κ1) is 19.9. The molecular formula is C26H22ClNO3. The highest BCUT2D eigenvalue weighted by Gasteiger charge is 2.23. The fourth-order valence-corrected chi connectivity index (χ4v) is 4.42. The number of aryl methyl sites for hydroxylation is 1. The van der Waals surface area contributed by atoms with Crippen LogP contribution in [0.4, 0.5) is 0 Å². The summed E-state index contributed by atoms with van der Waals surface area (Å²) in [6.07, 6.45) is 0.555. The lowest BCUT2D eigenvalue weighted by atomic mass is 9.97. The molecule has 0 amide bonds. The third kappa shape index (κ3) is 3.97. The van der Waals surface area contributed by atoms with E-state index in [0.717, 1.165) is 33.4 Å². The van der Waals surface area contributed by atoms with Crippen LogP contribution in [-0.2, 0) is 19.5 Å². The van der Waals surface area contributed by atoms with Gasteiger partial charge in [-0.15, -0.1) is 0 Å². The van der Waals surface area contributed by atoms with E-state index in [-0.39, 0.29) is 5.63 Å². The fourth-order valence-electron chi connectivity index (χ4n) is 4.21. The smallest absolute Gasteiger partial charge is 0.340 e. The van der Waals surface area contributed by atoms with Crippen LogP contribution in [0.3, 0.4) is 0 Å². The van der Waals surface area contributed by atoms with Gasteiger partial charge in [-0.2, -0.15) is 0 Å². The highest BCUT2D eigenvalue weighted by atomic mass is 35.5. The van der Waals surface area contributed by atoms with E-state index in [1.807, 2.05) is 73.7 Å². The zero-order valence-electron chi connectivity index (χ0n) is 17.2. The summed E-state index contributed by atoms with van der Waals surface area (Å²) >= 11 is 6.13. The van der Waals surface area contributed by atoms with E-state index in [4.69, 9.17) is 20.8 Å². The molecule has 0 fully saturated rings. The topological polar surface area (TPSA) is 42.7 Å². The van der Waals surface area contributed by atoms with Crippen LogP contribution in [0.2, 0.25) is 5.02 Å². The first-order valence-corrected chi connectivity index (χ1v) is 10.7. The second kappa shape index (κ2) is 8.22. The number of hydrogen-bond acceptors (Lipinski definition) is 4. The molecule has 4 nitrogen and oxygen atoms in total. The van der Waals surface area contributed by atoms with Gasteiger partial charge < -0.3 is 9.15 Å². The third-order valence-corrected chi connectivity index (χ3v) is 6.05. The summed E-state index contributed by atoms with van der Waals surface area (Å²) in [5, 5.41) is 1.67. The van der Waals surface area contributed by atoms with Crippen molar-refractivity contribution in [2.75, 3.05) is 6.73 Å². The monoisotopic (exact) mass is 431 g/mol. The van der Waals surface area contributed by atoms with Gasteiger partial charge in [0.1, 0.15) is 18.1 Å². The number of hydrogen-bond donors (Lipinski definition) is 0. The minimum atomic E-state index is -0.283. The Bertz CT molecular complexity index is 1310. The number of nitrogens with zero attached hydrogens (tertiary/aromatic N) is 1. The van der Waals surface area contributed by atoms with Crippen molar-refractivity contribution in [3.8, 4) is 5.75 Å². The summed E-state index contributed by atoms with van der Waals surface area (Å²) in [6.45, 7) is 3.81. The summed E-state index contributed by atoms with van der Waals surface area (Å²) in [7, 11) is 0.